The second kappa shape index (κ2) is 9.55. The second-order valence-electron chi connectivity index (χ2n) is 5.36. The number of allylic oxidation sites excluding steroid dienone is 1. The Labute approximate surface area is 145 Å². The molecule has 1 atom stereocenters. The van der Waals surface area contributed by atoms with Gasteiger partial charge >= 0.3 is 11.9 Å². The summed E-state index contributed by atoms with van der Waals surface area (Å²) in [5.41, 5.74) is -0.130. The lowest BCUT2D eigenvalue weighted by Gasteiger charge is -2.19. The molecule has 1 aromatic carbocycles. The van der Waals surface area contributed by atoms with E-state index >= 15 is 0 Å². The smallest absolute Gasteiger partial charge is 0.345 e. The van der Waals surface area contributed by atoms with E-state index in [1.165, 1.54) is 0 Å². The molecular weight excluding hydrogens is 330 g/mol. The van der Waals surface area contributed by atoms with E-state index in [0.29, 0.717) is 10.3 Å². The zero-order valence-electron chi connectivity index (χ0n) is 14.5. The average Bonchev–Trinajstić information content (AvgIpc) is 2.62. The SMILES string of the molecule is COC(=O)C(=C/C(c1ccccc1)=[N+](\[O-])C(OO)C(C)C)C(=O)OC. The molecule has 25 heavy (non-hydrogen) atoms. The zero-order valence-corrected chi connectivity index (χ0v) is 14.5. The van der Waals surface area contributed by atoms with E-state index in [4.69, 9.17) is 5.26 Å². The Kier molecular flexibility index (Phi) is 7.77. The van der Waals surface area contributed by atoms with Gasteiger partial charge in [0.25, 0.3) is 6.23 Å². The largest absolute Gasteiger partial charge is 0.621 e. The van der Waals surface area contributed by atoms with E-state index in [9.17, 15) is 14.8 Å². The van der Waals surface area contributed by atoms with E-state index in [2.05, 4.69) is 14.4 Å². The summed E-state index contributed by atoms with van der Waals surface area (Å²) in [6, 6.07) is 8.31. The Morgan fingerprint density at radius 3 is 2.04 bits per heavy atom. The molecule has 1 unspecified atom stereocenters. The van der Waals surface area contributed by atoms with Crippen LogP contribution in [0.15, 0.2) is 42.0 Å². The van der Waals surface area contributed by atoms with Gasteiger partial charge < -0.3 is 14.7 Å². The van der Waals surface area contributed by atoms with Crippen LogP contribution >= 0.6 is 0 Å². The van der Waals surface area contributed by atoms with Crippen LogP contribution in [0.25, 0.3) is 0 Å². The molecule has 1 N–H and O–H groups in total. The third kappa shape index (κ3) is 5.13. The van der Waals surface area contributed by atoms with Gasteiger partial charge in [-0.3, -0.25) is 0 Å². The van der Waals surface area contributed by atoms with Gasteiger partial charge in [0, 0.05) is 17.6 Å². The van der Waals surface area contributed by atoms with Crippen LogP contribution in [0.2, 0.25) is 0 Å². The van der Waals surface area contributed by atoms with Crippen molar-refractivity contribution in [2.45, 2.75) is 20.1 Å². The first-order chi connectivity index (χ1) is 11.9. The van der Waals surface area contributed by atoms with Crippen molar-refractivity contribution in [3.05, 3.63) is 52.8 Å². The van der Waals surface area contributed by atoms with Crippen molar-refractivity contribution in [1.29, 1.82) is 0 Å². The Bertz CT molecular complexity index is 647. The lowest BCUT2D eigenvalue weighted by atomic mass is 10.1. The number of esters is 2. The van der Waals surface area contributed by atoms with Gasteiger partial charge in [0.1, 0.15) is 0 Å². The first kappa shape index (κ1) is 20.3. The number of rotatable bonds is 7. The molecule has 0 bridgehead atoms. The van der Waals surface area contributed by atoms with Crippen molar-refractivity contribution in [3.8, 4) is 0 Å². The molecule has 136 valence electrons. The predicted octanol–water partition coefficient (Wildman–Crippen LogP) is 1.73. The number of carbonyl (C=O) groups excluding carboxylic acids is 2. The van der Waals surface area contributed by atoms with Gasteiger partial charge in [-0.2, -0.15) is 9.63 Å². The number of hydroxylamine groups is 1. The lowest BCUT2D eigenvalue weighted by molar-refractivity contribution is -0.609. The Morgan fingerprint density at radius 2 is 1.64 bits per heavy atom. The summed E-state index contributed by atoms with van der Waals surface area (Å²) in [6.07, 6.45) is -0.197. The van der Waals surface area contributed by atoms with E-state index < -0.39 is 23.7 Å². The van der Waals surface area contributed by atoms with Crippen LogP contribution in [0.5, 0.6) is 0 Å². The van der Waals surface area contributed by atoms with E-state index in [1.807, 2.05) is 0 Å². The van der Waals surface area contributed by atoms with Crippen LogP contribution in [0.4, 0.5) is 0 Å². The quantitative estimate of drug-likeness (QED) is 0.0761. The number of benzene rings is 1. The molecule has 1 aromatic rings. The van der Waals surface area contributed by atoms with Gasteiger partial charge in [0.05, 0.1) is 14.2 Å². The molecule has 0 radical (unpaired) electrons. The molecule has 0 aromatic heterocycles. The van der Waals surface area contributed by atoms with Gasteiger partial charge in [-0.05, 0) is 12.1 Å². The molecule has 8 nitrogen and oxygen atoms in total. The molecule has 0 saturated heterocycles. The number of nitrogens with zero attached hydrogens (tertiary/aromatic N) is 1. The number of hydrogen-bond acceptors (Lipinski definition) is 7. The summed E-state index contributed by atoms with van der Waals surface area (Å²) in [6.45, 7) is 3.33. The first-order valence-electron chi connectivity index (χ1n) is 7.44. The van der Waals surface area contributed by atoms with Crippen molar-refractivity contribution in [2.24, 2.45) is 5.92 Å². The fraction of sp³-hybridized carbons (Fsp3) is 0.353. The lowest BCUT2D eigenvalue weighted by Crippen LogP contribution is -2.34. The van der Waals surface area contributed by atoms with E-state index in [0.717, 1.165) is 20.3 Å². The minimum Gasteiger partial charge on any atom is -0.621 e. The van der Waals surface area contributed by atoms with Crippen molar-refractivity contribution in [2.75, 3.05) is 14.2 Å². The fourth-order valence-electron chi connectivity index (χ4n) is 2.01. The fourth-order valence-corrected chi connectivity index (χ4v) is 2.01. The average molecular weight is 351 g/mol. The highest BCUT2D eigenvalue weighted by Crippen LogP contribution is 2.13. The van der Waals surface area contributed by atoms with Gasteiger partial charge in [-0.25, -0.2) is 14.8 Å². The first-order valence-corrected chi connectivity index (χ1v) is 7.44. The Hall–Kier alpha value is -2.71. The molecular formula is C17H21NO7. The van der Waals surface area contributed by atoms with E-state index in [1.54, 1.807) is 44.2 Å². The van der Waals surface area contributed by atoms with Crippen molar-refractivity contribution in [3.63, 3.8) is 0 Å². The van der Waals surface area contributed by atoms with Crippen molar-refractivity contribution >= 4 is 17.7 Å². The van der Waals surface area contributed by atoms with Crippen LogP contribution < -0.4 is 0 Å². The standard InChI is InChI=1S/C17H21NO7/c1-11(2)15(25-22)18(21)14(12-8-6-5-7-9-12)10-13(16(19)23-3)17(20)24-4/h5-11,15,22H,1-4H3/b18-14+. The summed E-state index contributed by atoms with van der Waals surface area (Å²) in [7, 11) is 2.20. The van der Waals surface area contributed by atoms with Crippen LogP contribution in [0.3, 0.4) is 0 Å². The number of ether oxygens (including phenoxy) is 2. The molecule has 1 rings (SSSR count). The van der Waals surface area contributed by atoms with Gasteiger partial charge in [-0.1, -0.05) is 32.0 Å². The van der Waals surface area contributed by atoms with Gasteiger partial charge in [0.15, 0.2) is 5.57 Å². The molecule has 0 fully saturated rings. The summed E-state index contributed by atoms with van der Waals surface area (Å²) >= 11 is 0. The molecule has 0 aliphatic heterocycles. The van der Waals surface area contributed by atoms with Crippen molar-refractivity contribution in [1.82, 2.24) is 0 Å². The summed E-state index contributed by atoms with van der Waals surface area (Å²) in [5.74, 6) is -2.30. The summed E-state index contributed by atoms with van der Waals surface area (Å²) in [4.78, 5) is 28.0. The number of carbonyl (C=O) groups is 2. The summed E-state index contributed by atoms with van der Waals surface area (Å²) in [5, 5.41) is 21.8. The minimum atomic E-state index is -1.25. The highest BCUT2D eigenvalue weighted by atomic mass is 17.1. The maximum Gasteiger partial charge on any atom is 0.345 e. The van der Waals surface area contributed by atoms with Crippen molar-refractivity contribution < 1.29 is 33.9 Å². The predicted molar refractivity (Wildman–Crippen MR) is 88.6 cm³/mol. The molecule has 0 aliphatic carbocycles. The van der Waals surface area contributed by atoms with Crippen LogP contribution in [-0.2, 0) is 24.0 Å². The third-order valence-corrected chi connectivity index (χ3v) is 3.31. The highest BCUT2D eigenvalue weighted by Gasteiger charge is 2.28. The molecule has 0 aliphatic rings. The topological polar surface area (TPSA) is 108 Å². The van der Waals surface area contributed by atoms with Crippen LogP contribution in [0.1, 0.15) is 19.4 Å². The molecule has 8 heteroatoms. The van der Waals surface area contributed by atoms with Gasteiger partial charge in [0.2, 0.25) is 5.71 Å². The third-order valence-electron chi connectivity index (χ3n) is 3.31. The minimum absolute atomic E-state index is 0.0702. The molecule has 0 heterocycles. The summed E-state index contributed by atoms with van der Waals surface area (Å²) < 4.78 is 9.51. The number of hydrogen-bond donors (Lipinski definition) is 1. The van der Waals surface area contributed by atoms with Gasteiger partial charge in [-0.15, -0.1) is 0 Å². The molecule has 0 spiro atoms. The molecule has 0 amide bonds. The van der Waals surface area contributed by atoms with Crippen LogP contribution in [-0.4, -0.2) is 48.1 Å². The zero-order chi connectivity index (χ0) is 19.0. The number of methoxy groups -OCH3 is 2. The maximum atomic E-state index is 12.7. The van der Waals surface area contributed by atoms with E-state index in [-0.39, 0.29) is 11.6 Å². The Balaban J connectivity index is 3.64. The molecule has 0 saturated carbocycles. The Morgan fingerprint density at radius 1 is 1.12 bits per heavy atom. The highest BCUT2D eigenvalue weighted by molar-refractivity contribution is 6.20. The normalized spacial score (nSPS) is 12.9. The second-order valence-corrected chi connectivity index (χ2v) is 5.36. The van der Waals surface area contributed by atoms with Crippen LogP contribution in [0, 0.1) is 11.1 Å². The monoisotopic (exact) mass is 351 g/mol. The maximum absolute atomic E-state index is 12.7.